The van der Waals surface area contributed by atoms with Gasteiger partial charge in [-0.1, -0.05) is 79.9 Å². The summed E-state index contributed by atoms with van der Waals surface area (Å²) in [6, 6.07) is 31.2. The number of nitrogens with one attached hydrogen (secondary N) is 1. The zero-order chi connectivity index (χ0) is 33.2. The molecule has 0 saturated heterocycles. The maximum Gasteiger partial charge on any atom is 0.264 e. The Hall–Kier alpha value is -3.90. The van der Waals surface area contributed by atoms with E-state index in [1.54, 1.807) is 49.6 Å². The maximum absolute atomic E-state index is 14.7. The van der Waals surface area contributed by atoms with Crippen LogP contribution in [0.15, 0.2) is 114 Å². The van der Waals surface area contributed by atoms with Crippen LogP contribution in [-0.4, -0.2) is 50.9 Å². The van der Waals surface area contributed by atoms with Crippen molar-refractivity contribution in [2.75, 3.05) is 18.0 Å². The molecule has 0 aliphatic heterocycles. The molecule has 5 rings (SSSR count). The summed E-state index contributed by atoms with van der Waals surface area (Å²) in [7, 11) is -2.57. The third-order valence-electron chi connectivity index (χ3n) is 8.43. The normalized spacial score (nSPS) is 14.2. The number of sulfonamides is 1. The Morgan fingerprint density at radius 1 is 0.851 bits per heavy atom. The first-order valence-electron chi connectivity index (χ1n) is 15.8. The van der Waals surface area contributed by atoms with Gasteiger partial charge in [-0.2, -0.15) is 0 Å². The van der Waals surface area contributed by atoms with E-state index in [-0.39, 0.29) is 29.8 Å². The van der Waals surface area contributed by atoms with Gasteiger partial charge in [0.1, 0.15) is 18.3 Å². The first-order valence-corrected chi connectivity index (χ1v) is 18.4. The number of halogens is 1. The van der Waals surface area contributed by atoms with E-state index in [2.05, 4.69) is 27.9 Å². The second-order valence-corrected chi connectivity index (χ2v) is 14.8. The fourth-order valence-corrected chi connectivity index (χ4v) is 7.72. The van der Waals surface area contributed by atoms with Gasteiger partial charge in [-0.25, -0.2) is 8.42 Å². The minimum Gasteiger partial charge on any atom is -0.497 e. The van der Waals surface area contributed by atoms with Crippen molar-refractivity contribution < 1.29 is 22.7 Å². The third kappa shape index (κ3) is 9.13. The van der Waals surface area contributed by atoms with Crippen LogP contribution in [0.3, 0.4) is 0 Å². The Labute approximate surface area is 291 Å². The molecule has 4 aromatic carbocycles. The van der Waals surface area contributed by atoms with E-state index in [1.807, 2.05) is 54.6 Å². The molecule has 0 radical (unpaired) electrons. The van der Waals surface area contributed by atoms with Gasteiger partial charge >= 0.3 is 0 Å². The van der Waals surface area contributed by atoms with Gasteiger partial charge in [0.15, 0.2) is 0 Å². The Morgan fingerprint density at radius 2 is 1.49 bits per heavy atom. The lowest BCUT2D eigenvalue weighted by atomic mass is 9.94. The van der Waals surface area contributed by atoms with Gasteiger partial charge in [0, 0.05) is 22.6 Å². The van der Waals surface area contributed by atoms with E-state index in [0.717, 1.165) is 51.1 Å². The Balaban J connectivity index is 1.56. The molecule has 0 bridgehead atoms. The molecule has 10 heteroatoms. The summed E-state index contributed by atoms with van der Waals surface area (Å²) in [5.41, 5.74) is 2.01. The van der Waals surface area contributed by atoms with Crippen LogP contribution in [-0.2, 0) is 32.6 Å². The van der Waals surface area contributed by atoms with Crippen LogP contribution >= 0.6 is 22.6 Å². The summed E-state index contributed by atoms with van der Waals surface area (Å²) in [5.74, 6) is -0.123. The number of amides is 2. The third-order valence-corrected chi connectivity index (χ3v) is 10.9. The molecule has 0 aromatic heterocycles. The highest BCUT2D eigenvalue weighted by atomic mass is 127. The van der Waals surface area contributed by atoms with Crippen LogP contribution in [0.2, 0.25) is 0 Å². The minimum atomic E-state index is -4.14. The molecule has 246 valence electrons. The summed E-state index contributed by atoms with van der Waals surface area (Å²) < 4.78 is 35.8. The molecular weight excluding hydrogens is 725 g/mol. The van der Waals surface area contributed by atoms with Crippen molar-refractivity contribution in [3.05, 3.63) is 124 Å². The smallest absolute Gasteiger partial charge is 0.264 e. The summed E-state index contributed by atoms with van der Waals surface area (Å²) in [4.78, 5) is 30.5. The van der Waals surface area contributed by atoms with Crippen molar-refractivity contribution >= 4 is 50.1 Å². The Bertz CT molecular complexity index is 1730. The molecule has 0 heterocycles. The first-order chi connectivity index (χ1) is 22.7. The highest BCUT2D eigenvalue weighted by Crippen LogP contribution is 2.27. The SMILES string of the molecule is COc1cccc(CN(C(=O)CN(c2ccc(I)cc2)S(=O)(=O)c2ccccc2)[C@H](Cc2ccccc2)C(=O)NC2CCCCC2)c1. The monoisotopic (exact) mass is 765 g/mol. The zero-order valence-electron chi connectivity index (χ0n) is 26.4. The average Bonchev–Trinajstić information content (AvgIpc) is 3.10. The second-order valence-electron chi connectivity index (χ2n) is 11.7. The number of carbonyl (C=O) groups excluding carboxylic acids is 2. The molecule has 0 unspecified atom stereocenters. The molecular formula is C37H40IN3O5S. The lowest BCUT2D eigenvalue weighted by molar-refractivity contribution is -0.140. The molecule has 1 saturated carbocycles. The van der Waals surface area contributed by atoms with Crippen LogP contribution in [0.25, 0.3) is 0 Å². The van der Waals surface area contributed by atoms with Crippen LogP contribution < -0.4 is 14.4 Å². The van der Waals surface area contributed by atoms with Gasteiger partial charge in [-0.15, -0.1) is 0 Å². The number of ether oxygens (including phenoxy) is 1. The van der Waals surface area contributed by atoms with Gasteiger partial charge in [-0.05, 0) is 95.1 Å². The number of nitrogens with zero attached hydrogens (tertiary/aromatic N) is 2. The quantitative estimate of drug-likeness (QED) is 0.155. The van der Waals surface area contributed by atoms with Crippen molar-refractivity contribution in [1.82, 2.24) is 10.2 Å². The lowest BCUT2D eigenvalue weighted by Crippen LogP contribution is -2.55. The summed E-state index contributed by atoms with van der Waals surface area (Å²) >= 11 is 2.16. The van der Waals surface area contributed by atoms with Gasteiger partial charge in [0.05, 0.1) is 17.7 Å². The van der Waals surface area contributed by atoms with Gasteiger partial charge in [0.2, 0.25) is 11.8 Å². The molecule has 1 N–H and O–H groups in total. The van der Waals surface area contributed by atoms with E-state index < -0.39 is 28.5 Å². The van der Waals surface area contributed by atoms with Crippen LogP contribution in [0.1, 0.15) is 43.2 Å². The molecule has 8 nitrogen and oxygen atoms in total. The standard InChI is InChI=1S/C37H40IN3O5S/c1-46-33-17-11-14-29(24-33)26-40(35(25-28-12-5-2-6-13-28)37(43)39-31-15-7-3-8-16-31)36(42)27-41(32-22-20-30(38)21-23-32)47(44,45)34-18-9-4-10-19-34/h2,4-6,9-14,17-24,31,35H,3,7-8,15-16,25-27H2,1H3,(H,39,43)/t35-/m1/s1. The Kier molecular flexibility index (Phi) is 11.9. The molecule has 1 aliphatic rings. The van der Waals surface area contributed by atoms with Crippen molar-refractivity contribution in [2.24, 2.45) is 0 Å². The van der Waals surface area contributed by atoms with E-state index in [0.29, 0.717) is 11.4 Å². The summed E-state index contributed by atoms with van der Waals surface area (Å²) in [6.07, 6.45) is 5.29. The molecule has 47 heavy (non-hydrogen) atoms. The van der Waals surface area contributed by atoms with Crippen molar-refractivity contribution in [1.29, 1.82) is 0 Å². The first kappa shape index (κ1) is 34.4. The highest BCUT2D eigenvalue weighted by molar-refractivity contribution is 14.1. The number of carbonyl (C=O) groups is 2. The van der Waals surface area contributed by atoms with E-state index in [1.165, 1.54) is 17.0 Å². The van der Waals surface area contributed by atoms with Crippen molar-refractivity contribution in [2.45, 2.75) is 62.0 Å². The predicted molar refractivity (Wildman–Crippen MR) is 193 cm³/mol. The number of hydrogen-bond donors (Lipinski definition) is 1. The van der Waals surface area contributed by atoms with Crippen LogP contribution in [0.4, 0.5) is 5.69 Å². The highest BCUT2D eigenvalue weighted by Gasteiger charge is 2.35. The number of anilines is 1. The van der Waals surface area contributed by atoms with Crippen molar-refractivity contribution in [3.8, 4) is 5.75 Å². The predicted octanol–water partition coefficient (Wildman–Crippen LogP) is 6.58. The zero-order valence-corrected chi connectivity index (χ0v) is 29.4. The number of hydrogen-bond acceptors (Lipinski definition) is 5. The van der Waals surface area contributed by atoms with E-state index >= 15 is 0 Å². The maximum atomic E-state index is 14.7. The topological polar surface area (TPSA) is 96.0 Å². The fourth-order valence-electron chi connectivity index (χ4n) is 5.92. The molecule has 4 aromatic rings. The average molecular weight is 766 g/mol. The molecule has 1 atom stereocenters. The number of benzene rings is 4. The second kappa shape index (κ2) is 16.3. The Morgan fingerprint density at radius 3 is 2.15 bits per heavy atom. The molecule has 1 aliphatic carbocycles. The van der Waals surface area contributed by atoms with Gasteiger partial charge in [-0.3, -0.25) is 13.9 Å². The van der Waals surface area contributed by atoms with Gasteiger partial charge in [0.25, 0.3) is 10.0 Å². The summed E-state index contributed by atoms with van der Waals surface area (Å²) in [6.45, 7) is -0.415. The lowest BCUT2D eigenvalue weighted by Gasteiger charge is -2.35. The van der Waals surface area contributed by atoms with E-state index in [9.17, 15) is 18.0 Å². The largest absolute Gasteiger partial charge is 0.497 e. The van der Waals surface area contributed by atoms with Crippen LogP contribution in [0, 0.1) is 3.57 Å². The fraction of sp³-hybridized carbons (Fsp3) is 0.297. The molecule has 1 fully saturated rings. The molecule has 2 amide bonds. The van der Waals surface area contributed by atoms with E-state index in [4.69, 9.17) is 4.74 Å². The van der Waals surface area contributed by atoms with Gasteiger partial charge < -0.3 is 15.0 Å². The molecule has 0 spiro atoms. The number of rotatable bonds is 13. The van der Waals surface area contributed by atoms with Crippen LogP contribution in [0.5, 0.6) is 5.75 Å². The van der Waals surface area contributed by atoms with Crippen molar-refractivity contribution in [3.63, 3.8) is 0 Å². The number of methoxy groups -OCH3 is 1. The minimum absolute atomic E-state index is 0.0324. The summed E-state index contributed by atoms with van der Waals surface area (Å²) in [5, 5.41) is 3.24.